The first-order chi connectivity index (χ1) is 28.0. The Bertz CT molecular complexity index is 2780. The van der Waals surface area contributed by atoms with E-state index in [0.717, 1.165) is 17.1 Å². The molecule has 10 rings (SSSR count). The lowest BCUT2D eigenvalue weighted by atomic mass is 9.67. The van der Waals surface area contributed by atoms with E-state index in [4.69, 9.17) is 0 Å². The molecule has 1 heteroatoms. The molecule has 272 valence electrons. The minimum Gasteiger partial charge on any atom is -0.310 e. The molecule has 57 heavy (non-hydrogen) atoms. The fourth-order valence-electron chi connectivity index (χ4n) is 9.31. The first-order valence-electron chi connectivity index (χ1n) is 19.9. The summed E-state index contributed by atoms with van der Waals surface area (Å²) in [4.78, 5) is 2.43. The highest BCUT2D eigenvalue weighted by molar-refractivity contribution is 6.04. The molecule has 0 aromatic heterocycles. The average molecular weight is 730 g/mol. The summed E-state index contributed by atoms with van der Waals surface area (Å²) in [7, 11) is 0. The van der Waals surface area contributed by atoms with E-state index in [1.54, 1.807) is 0 Å². The fraction of sp³-hybridized carbons (Fsp3) is 0.0714. The van der Waals surface area contributed by atoms with Gasteiger partial charge < -0.3 is 4.90 Å². The van der Waals surface area contributed by atoms with Crippen LogP contribution in [0.4, 0.5) is 17.1 Å². The quantitative estimate of drug-likeness (QED) is 0.151. The standard InChI is InChI=1S/C56H43N/c1-55(2,43-20-9-4-10-21-43)44-30-34-48(35-31-44)57(47-32-27-41(28-33-47)40-17-7-3-8-18-40)49-36-37-51-53(39-49)56(45-22-11-5-12-23-45,46-24-13-6-14-25-46)52-38-29-42-19-15-16-26-50(42)54(51)52/h3-39H,1-2H3. The van der Waals surface area contributed by atoms with E-state index >= 15 is 0 Å². The summed E-state index contributed by atoms with van der Waals surface area (Å²) in [5.41, 5.74) is 15.4. The summed E-state index contributed by atoms with van der Waals surface area (Å²) in [5.74, 6) is 0. The van der Waals surface area contributed by atoms with Gasteiger partial charge in [-0.15, -0.1) is 0 Å². The van der Waals surface area contributed by atoms with Gasteiger partial charge in [-0.2, -0.15) is 0 Å². The van der Waals surface area contributed by atoms with Crippen molar-refractivity contribution in [1.29, 1.82) is 0 Å². The maximum Gasteiger partial charge on any atom is 0.0714 e. The summed E-state index contributed by atoms with van der Waals surface area (Å²) >= 11 is 0. The van der Waals surface area contributed by atoms with Crippen molar-refractivity contribution in [1.82, 2.24) is 0 Å². The number of hydrogen-bond acceptors (Lipinski definition) is 1. The Labute approximate surface area is 336 Å². The van der Waals surface area contributed by atoms with E-state index in [0.29, 0.717) is 0 Å². The van der Waals surface area contributed by atoms with E-state index in [1.165, 1.54) is 66.4 Å². The second-order valence-corrected chi connectivity index (χ2v) is 15.7. The van der Waals surface area contributed by atoms with Gasteiger partial charge in [0.1, 0.15) is 0 Å². The third kappa shape index (κ3) is 5.69. The monoisotopic (exact) mass is 729 g/mol. The van der Waals surface area contributed by atoms with Crippen molar-refractivity contribution in [3.63, 3.8) is 0 Å². The highest BCUT2D eigenvalue weighted by atomic mass is 15.1. The summed E-state index contributed by atoms with van der Waals surface area (Å²) in [5, 5.41) is 2.53. The van der Waals surface area contributed by atoms with Crippen LogP contribution in [0.5, 0.6) is 0 Å². The zero-order valence-corrected chi connectivity index (χ0v) is 32.3. The predicted octanol–water partition coefficient (Wildman–Crippen LogP) is 14.7. The van der Waals surface area contributed by atoms with E-state index < -0.39 is 5.41 Å². The first kappa shape index (κ1) is 34.5. The number of nitrogens with zero attached hydrogens (tertiary/aromatic N) is 1. The zero-order valence-electron chi connectivity index (χ0n) is 32.3. The minimum absolute atomic E-state index is 0.144. The Balaban J connectivity index is 1.20. The van der Waals surface area contributed by atoms with Gasteiger partial charge in [0.25, 0.3) is 0 Å². The number of hydrogen-bond donors (Lipinski definition) is 0. The number of fused-ring (bicyclic) bond motifs is 5. The van der Waals surface area contributed by atoms with Crippen LogP contribution in [0.3, 0.4) is 0 Å². The van der Waals surface area contributed by atoms with Gasteiger partial charge in [-0.1, -0.05) is 202 Å². The van der Waals surface area contributed by atoms with Crippen molar-refractivity contribution in [2.75, 3.05) is 4.90 Å². The molecule has 0 fully saturated rings. The van der Waals surface area contributed by atoms with Crippen molar-refractivity contribution in [3.05, 3.63) is 258 Å². The predicted molar refractivity (Wildman–Crippen MR) is 240 cm³/mol. The molecule has 0 saturated carbocycles. The van der Waals surface area contributed by atoms with Crippen LogP contribution in [-0.4, -0.2) is 0 Å². The topological polar surface area (TPSA) is 3.24 Å². The number of rotatable bonds is 8. The SMILES string of the molecule is CC(C)(c1ccccc1)c1ccc(N(c2ccc(-c3ccccc3)cc2)c2ccc3c(c2)C(c2ccccc2)(c2ccccc2)c2ccc4ccccc4c2-3)cc1. The van der Waals surface area contributed by atoms with Crippen molar-refractivity contribution in [3.8, 4) is 22.3 Å². The lowest BCUT2D eigenvalue weighted by molar-refractivity contribution is 0.641. The van der Waals surface area contributed by atoms with E-state index in [2.05, 4.69) is 243 Å². The molecule has 9 aromatic carbocycles. The molecule has 0 amide bonds. The summed E-state index contributed by atoms with van der Waals surface area (Å²) in [6.07, 6.45) is 0. The molecule has 1 aliphatic rings. The van der Waals surface area contributed by atoms with Crippen LogP contribution < -0.4 is 4.90 Å². The second-order valence-electron chi connectivity index (χ2n) is 15.7. The molecule has 1 aliphatic carbocycles. The Morgan fingerprint density at radius 1 is 0.386 bits per heavy atom. The van der Waals surface area contributed by atoms with Gasteiger partial charge >= 0.3 is 0 Å². The van der Waals surface area contributed by atoms with Gasteiger partial charge in [-0.3, -0.25) is 0 Å². The van der Waals surface area contributed by atoms with Crippen LogP contribution in [-0.2, 0) is 10.8 Å². The van der Waals surface area contributed by atoms with Crippen molar-refractivity contribution >= 4 is 27.8 Å². The zero-order chi connectivity index (χ0) is 38.4. The van der Waals surface area contributed by atoms with Crippen LogP contribution in [0.2, 0.25) is 0 Å². The minimum atomic E-state index is -0.528. The van der Waals surface area contributed by atoms with Crippen LogP contribution in [0.25, 0.3) is 33.0 Å². The molecule has 0 spiro atoms. The average Bonchev–Trinajstić information content (AvgIpc) is 3.59. The molecule has 1 nitrogen and oxygen atoms in total. The maximum atomic E-state index is 2.47. The maximum absolute atomic E-state index is 2.47. The third-order valence-corrected chi connectivity index (χ3v) is 12.3. The van der Waals surface area contributed by atoms with Crippen molar-refractivity contribution < 1.29 is 0 Å². The van der Waals surface area contributed by atoms with Crippen molar-refractivity contribution in [2.45, 2.75) is 24.7 Å². The molecule has 0 N–H and O–H groups in total. The summed E-state index contributed by atoms with van der Waals surface area (Å²) in [6.45, 7) is 4.62. The molecular weight excluding hydrogens is 687 g/mol. The lowest BCUT2D eigenvalue weighted by Gasteiger charge is -2.35. The fourth-order valence-corrected chi connectivity index (χ4v) is 9.31. The van der Waals surface area contributed by atoms with Gasteiger partial charge in [0.2, 0.25) is 0 Å². The van der Waals surface area contributed by atoms with E-state index in [1.807, 2.05) is 0 Å². The normalized spacial score (nSPS) is 12.9. The second kappa shape index (κ2) is 14.0. The number of benzene rings is 9. The molecule has 0 heterocycles. The van der Waals surface area contributed by atoms with Gasteiger partial charge in [-0.25, -0.2) is 0 Å². The smallest absolute Gasteiger partial charge is 0.0714 e. The molecule has 0 radical (unpaired) electrons. The number of anilines is 3. The highest BCUT2D eigenvalue weighted by Crippen LogP contribution is 2.59. The molecule has 0 atom stereocenters. The van der Waals surface area contributed by atoms with Crippen LogP contribution in [0.1, 0.15) is 47.2 Å². The Morgan fingerprint density at radius 2 is 0.877 bits per heavy atom. The van der Waals surface area contributed by atoms with Crippen LogP contribution in [0.15, 0.2) is 224 Å². The molecule has 0 aliphatic heterocycles. The molecule has 0 unspecified atom stereocenters. The lowest BCUT2D eigenvalue weighted by Crippen LogP contribution is -2.28. The Kier molecular flexibility index (Phi) is 8.46. The summed E-state index contributed by atoms with van der Waals surface area (Å²) in [6, 6.07) is 82.6. The highest BCUT2D eigenvalue weighted by Gasteiger charge is 2.47. The van der Waals surface area contributed by atoms with Gasteiger partial charge in [0, 0.05) is 22.5 Å². The van der Waals surface area contributed by atoms with Gasteiger partial charge in [0.05, 0.1) is 5.41 Å². The Morgan fingerprint density at radius 3 is 1.51 bits per heavy atom. The summed E-state index contributed by atoms with van der Waals surface area (Å²) < 4.78 is 0. The largest absolute Gasteiger partial charge is 0.310 e. The third-order valence-electron chi connectivity index (χ3n) is 12.3. The van der Waals surface area contributed by atoms with Crippen LogP contribution in [0, 0.1) is 0 Å². The molecule has 0 saturated heterocycles. The van der Waals surface area contributed by atoms with Gasteiger partial charge in [-0.05, 0) is 103 Å². The molecular formula is C56H43N. The molecule has 0 bridgehead atoms. The Hall–Kier alpha value is -6.96. The molecule has 9 aromatic rings. The van der Waals surface area contributed by atoms with Crippen LogP contribution >= 0.6 is 0 Å². The van der Waals surface area contributed by atoms with Gasteiger partial charge in [0.15, 0.2) is 0 Å². The first-order valence-corrected chi connectivity index (χ1v) is 19.9. The van der Waals surface area contributed by atoms with E-state index in [9.17, 15) is 0 Å². The van der Waals surface area contributed by atoms with Crippen molar-refractivity contribution in [2.24, 2.45) is 0 Å². The van der Waals surface area contributed by atoms with E-state index in [-0.39, 0.29) is 5.41 Å².